The number of carbonyl (C=O) groups excluding carboxylic acids is 1. The summed E-state index contributed by atoms with van der Waals surface area (Å²) in [7, 11) is -3.83. The minimum atomic E-state index is -3.83. The van der Waals surface area contributed by atoms with E-state index in [1.807, 2.05) is 54.6 Å². The van der Waals surface area contributed by atoms with Crippen molar-refractivity contribution in [2.24, 2.45) is 0 Å². The highest BCUT2D eigenvalue weighted by Gasteiger charge is 2.37. The van der Waals surface area contributed by atoms with E-state index in [-0.39, 0.29) is 22.4 Å². The maximum atomic E-state index is 13.9. The van der Waals surface area contributed by atoms with E-state index in [2.05, 4.69) is 0 Å². The van der Waals surface area contributed by atoms with Gasteiger partial charge in [-0.1, -0.05) is 78.9 Å². The molecule has 5 rings (SSSR count). The van der Waals surface area contributed by atoms with Crippen LogP contribution in [0.3, 0.4) is 0 Å². The standard InChI is InChI=1S/C28H24O4S/c1-19-10-8-9-15-27(19)33(30,31)28(21-13-6-3-7-14-21)26-18-23-24(29)16-22(17-25(23)32-26)20-11-4-2-5-12-20/h2-15,18,22,28H,16-17H2,1H3. The summed E-state index contributed by atoms with van der Waals surface area (Å²) in [5, 5.41) is -1.03. The number of sulfone groups is 1. The molecule has 1 aliphatic carbocycles. The zero-order chi connectivity index (χ0) is 23.0. The van der Waals surface area contributed by atoms with Crippen LogP contribution in [0.1, 0.15) is 56.2 Å². The van der Waals surface area contributed by atoms with Gasteiger partial charge in [0.2, 0.25) is 0 Å². The molecular formula is C28H24O4S. The van der Waals surface area contributed by atoms with Crippen LogP contribution in [-0.4, -0.2) is 14.2 Å². The van der Waals surface area contributed by atoms with Crippen molar-refractivity contribution in [3.63, 3.8) is 0 Å². The van der Waals surface area contributed by atoms with Gasteiger partial charge in [0.05, 0.1) is 10.5 Å². The molecule has 0 saturated heterocycles. The van der Waals surface area contributed by atoms with Crippen LogP contribution >= 0.6 is 0 Å². The van der Waals surface area contributed by atoms with Crippen molar-refractivity contribution in [3.05, 3.63) is 125 Å². The first-order chi connectivity index (χ1) is 15.9. The SMILES string of the molecule is Cc1ccccc1S(=O)(=O)C(c1ccccc1)c1cc2c(o1)CC(c1ccccc1)CC2=O. The number of carbonyl (C=O) groups is 1. The van der Waals surface area contributed by atoms with Gasteiger partial charge in [0, 0.05) is 12.8 Å². The number of furan rings is 1. The lowest BCUT2D eigenvalue weighted by molar-refractivity contribution is 0.0960. The highest BCUT2D eigenvalue weighted by atomic mass is 32.2. The van der Waals surface area contributed by atoms with Crippen LogP contribution in [0.5, 0.6) is 0 Å². The third-order valence-corrected chi connectivity index (χ3v) is 8.53. The second kappa shape index (κ2) is 8.49. The van der Waals surface area contributed by atoms with E-state index in [1.165, 1.54) is 0 Å². The van der Waals surface area contributed by atoms with Gasteiger partial charge in [-0.15, -0.1) is 0 Å². The lowest BCUT2D eigenvalue weighted by Crippen LogP contribution is -2.17. The van der Waals surface area contributed by atoms with Crippen molar-refractivity contribution < 1.29 is 17.6 Å². The highest BCUT2D eigenvalue weighted by Crippen LogP contribution is 2.41. The van der Waals surface area contributed by atoms with E-state index in [0.717, 1.165) is 5.56 Å². The Hall–Kier alpha value is -3.44. The Morgan fingerprint density at radius 3 is 2.18 bits per heavy atom. The number of aryl methyl sites for hydroxylation is 1. The topological polar surface area (TPSA) is 64.3 Å². The molecular weight excluding hydrogens is 432 g/mol. The molecule has 2 unspecified atom stereocenters. The molecule has 0 N–H and O–H groups in total. The van der Waals surface area contributed by atoms with Crippen molar-refractivity contribution in [2.45, 2.75) is 35.8 Å². The van der Waals surface area contributed by atoms with E-state index < -0.39 is 15.1 Å². The second-order valence-electron chi connectivity index (χ2n) is 8.53. The Morgan fingerprint density at radius 2 is 1.48 bits per heavy atom. The normalized spacial score (nSPS) is 16.9. The fourth-order valence-electron chi connectivity index (χ4n) is 4.68. The molecule has 1 aliphatic rings. The first-order valence-electron chi connectivity index (χ1n) is 11.0. The van der Waals surface area contributed by atoms with E-state index >= 15 is 0 Å². The van der Waals surface area contributed by atoms with Crippen LogP contribution in [0.25, 0.3) is 0 Å². The van der Waals surface area contributed by atoms with Gasteiger partial charge in [-0.3, -0.25) is 4.79 Å². The van der Waals surface area contributed by atoms with Crippen LogP contribution in [0, 0.1) is 6.92 Å². The molecule has 0 radical (unpaired) electrons. The molecule has 4 aromatic rings. The van der Waals surface area contributed by atoms with Gasteiger partial charge in [-0.25, -0.2) is 8.42 Å². The Morgan fingerprint density at radius 1 is 0.848 bits per heavy atom. The van der Waals surface area contributed by atoms with E-state index in [1.54, 1.807) is 43.3 Å². The summed E-state index contributed by atoms with van der Waals surface area (Å²) in [6, 6.07) is 27.6. The molecule has 33 heavy (non-hydrogen) atoms. The van der Waals surface area contributed by atoms with E-state index in [9.17, 15) is 13.2 Å². The number of hydrogen-bond donors (Lipinski definition) is 0. The molecule has 0 spiro atoms. The van der Waals surface area contributed by atoms with Crippen LogP contribution in [0.15, 0.2) is 100 Å². The van der Waals surface area contributed by atoms with Crippen molar-refractivity contribution in [3.8, 4) is 0 Å². The average molecular weight is 457 g/mol. The predicted molar refractivity (Wildman–Crippen MR) is 127 cm³/mol. The van der Waals surface area contributed by atoms with Gasteiger partial charge >= 0.3 is 0 Å². The van der Waals surface area contributed by atoms with E-state index in [0.29, 0.717) is 35.3 Å². The van der Waals surface area contributed by atoms with Crippen molar-refractivity contribution >= 4 is 15.6 Å². The lowest BCUT2D eigenvalue weighted by atomic mass is 9.83. The fraction of sp³-hybridized carbons (Fsp3) is 0.179. The first kappa shape index (κ1) is 21.4. The van der Waals surface area contributed by atoms with Gasteiger partial charge < -0.3 is 4.42 Å². The molecule has 166 valence electrons. The Balaban J connectivity index is 1.61. The molecule has 5 heteroatoms. The number of fused-ring (bicyclic) bond motifs is 1. The van der Waals surface area contributed by atoms with Gasteiger partial charge in [-0.2, -0.15) is 0 Å². The molecule has 0 fully saturated rings. The molecule has 4 nitrogen and oxygen atoms in total. The summed E-state index contributed by atoms with van der Waals surface area (Å²) in [4.78, 5) is 13.3. The molecule has 0 amide bonds. The zero-order valence-corrected chi connectivity index (χ0v) is 19.1. The maximum Gasteiger partial charge on any atom is 0.192 e. The molecule has 0 aliphatic heterocycles. The first-order valence-corrected chi connectivity index (χ1v) is 12.5. The molecule has 1 aromatic heterocycles. The third kappa shape index (κ3) is 3.93. The van der Waals surface area contributed by atoms with Gasteiger partial charge in [-0.05, 0) is 41.7 Å². The smallest absolute Gasteiger partial charge is 0.192 e. The Bertz CT molecular complexity index is 1400. The minimum absolute atomic E-state index is 0.0137. The van der Waals surface area contributed by atoms with Crippen molar-refractivity contribution in [1.82, 2.24) is 0 Å². The molecule has 1 heterocycles. The van der Waals surface area contributed by atoms with Gasteiger partial charge in [0.25, 0.3) is 0 Å². The molecule has 2 atom stereocenters. The van der Waals surface area contributed by atoms with Crippen LogP contribution < -0.4 is 0 Å². The molecule has 0 saturated carbocycles. The monoisotopic (exact) mass is 456 g/mol. The van der Waals surface area contributed by atoms with Crippen LogP contribution in [0.4, 0.5) is 0 Å². The Kier molecular flexibility index (Phi) is 5.51. The van der Waals surface area contributed by atoms with Gasteiger partial charge in [0.1, 0.15) is 16.8 Å². The summed E-state index contributed by atoms with van der Waals surface area (Å²) >= 11 is 0. The predicted octanol–water partition coefficient (Wildman–Crippen LogP) is 6.06. The number of Topliss-reactive ketones (excluding diaryl/α,β-unsaturated/α-hetero) is 1. The molecule has 3 aromatic carbocycles. The number of rotatable bonds is 5. The quantitative estimate of drug-likeness (QED) is 0.366. The largest absolute Gasteiger partial charge is 0.464 e. The number of ketones is 1. The number of hydrogen-bond acceptors (Lipinski definition) is 4. The average Bonchev–Trinajstić information content (AvgIpc) is 3.24. The number of benzene rings is 3. The van der Waals surface area contributed by atoms with Crippen LogP contribution in [-0.2, 0) is 16.3 Å². The summed E-state index contributed by atoms with van der Waals surface area (Å²) in [5.74, 6) is 0.862. The van der Waals surface area contributed by atoms with Gasteiger partial charge in [0.15, 0.2) is 15.6 Å². The van der Waals surface area contributed by atoms with Crippen molar-refractivity contribution in [1.29, 1.82) is 0 Å². The van der Waals surface area contributed by atoms with Crippen LogP contribution in [0.2, 0.25) is 0 Å². The maximum absolute atomic E-state index is 13.9. The summed E-state index contributed by atoms with van der Waals surface area (Å²) < 4.78 is 34.0. The summed E-state index contributed by atoms with van der Waals surface area (Å²) in [5.41, 5.74) is 2.87. The van der Waals surface area contributed by atoms with E-state index in [4.69, 9.17) is 4.42 Å². The Labute approximate surface area is 193 Å². The fourth-order valence-corrected chi connectivity index (χ4v) is 6.66. The highest BCUT2D eigenvalue weighted by molar-refractivity contribution is 7.92. The molecule has 0 bridgehead atoms. The van der Waals surface area contributed by atoms with Crippen molar-refractivity contribution in [2.75, 3.05) is 0 Å². The summed E-state index contributed by atoms with van der Waals surface area (Å²) in [6.45, 7) is 1.79. The summed E-state index contributed by atoms with van der Waals surface area (Å²) in [6.07, 6.45) is 0.952. The lowest BCUT2D eigenvalue weighted by Gasteiger charge is -2.20. The third-order valence-electron chi connectivity index (χ3n) is 6.33. The zero-order valence-electron chi connectivity index (χ0n) is 18.3. The second-order valence-corrected chi connectivity index (χ2v) is 10.5. The minimum Gasteiger partial charge on any atom is -0.464 e.